The summed E-state index contributed by atoms with van der Waals surface area (Å²) in [5.74, 6) is -7.19. The smallest absolute Gasteiger partial charge is 0.395 e. The van der Waals surface area contributed by atoms with Crippen molar-refractivity contribution in [2.75, 3.05) is 41.3 Å². The predicted octanol–water partition coefficient (Wildman–Crippen LogP) is 6.62. The van der Waals surface area contributed by atoms with Gasteiger partial charge in [0.25, 0.3) is 11.8 Å². The number of primary amides is 2. The minimum absolute atomic E-state index is 0. The summed E-state index contributed by atoms with van der Waals surface area (Å²) in [6.45, 7) is 4.07. The number of aryl methyl sites for hydroxylation is 2. The van der Waals surface area contributed by atoms with Crippen molar-refractivity contribution in [3.63, 3.8) is 0 Å². The van der Waals surface area contributed by atoms with E-state index >= 15 is 0 Å². The Morgan fingerprint density at radius 2 is 0.987 bits per heavy atom. The molecule has 0 aliphatic heterocycles. The summed E-state index contributed by atoms with van der Waals surface area (Å²) in [6.07, 6.45) is -3.50. The van der Waals surface area contributed by atoms with E-state index in [1.54, 1.807) is 40.1 Å². The lowest BCUT2D eigenvalue weighted by Crippen LogP contribution is -2.43. The molecule has 2 saturated carbocycles. The summed E-state index contributed by atoms with van der Waals surface area (Å²) in [6, 6.07) is 8.42. The van der Waals surface area contributed by atoms with Crippen molar-refractivity contribution < 1.29 is 59.4 Å². The number of benzene rings is 2. The minimum atomic E-state index is -4.47. The molecule has 75 heavy (non-hydrogen) atoms. The van der Waals surface area contributed by atoms with Gasteiger partial charge in [0.2, 0.25) is 5.91 Å². The van der Waals surface area contributed by atoms with E-state index in [-0.39, 0.29) is 121 Å². The molecule has 2 aliphatic rings. The Kier molecular flexibility index (Phi) is 27.7. The number of aromatic nitrogens is 4. The second kappa shape index (κ2) is 29.6. The quantitative estimate of drug-likeness (QED) is 0.0623. The van der Waals surface area contributed by atoms with E-state index in [1.807, 2.05) is 23.9 Å². The van der Waals surface area contributed by atoms with Crippen LogP contribution in [0.1, 0.15) is 105 Å². The number of aliphatic carboxylic acids is 1. The number of carbonyl (C=O) groups excluding carboxylic acids is 3. The molecule has 0 radical (unpaired) electrons. The van der Waals surface area contributed by atoms with Gasteiger partial charge < -0.3 is 37.4 Å². The van der Waals surface area contributed by atoms with Crippen molar-refractivity contribution >= 4 is 77.7 Å². The van der Waals surface area contributed by atoms with Crippen LogP contribution in [0.25, 0.3) is 0 Å². The molecule has 4 aromatic rings. The maximum absolute atomic E-state index is 14.1. The number of carbonyl (C=O) groups is 4. The van der Waals surface area contributed by atoms with Gasteiger partial charge in [0.15, 0.2) is 0 Å². The fourth-order valence-electron chi connectivity index (χ4n) is 8.05. The molecule has 8 N–H and O–H groups in total. The number of nitrogens with zero attached hydrogens (tertiary/aromatic N) is 6. The first-order valence-electron chi connectivity index (χ1n) is 22.4. The van der Waals surface area contributed by atoms with Gasteiger partial charge in [-0.15, -0.1) is 0 Å². The first-order chi connectivity index (χ1) is 33.0. The monoisotopic (exact) mass is 1140 g/mol. The second-order valence-electron chi connectivity index (χ2n) is 18.5. The molecule has 2 fully saturated rings. The molecule has 2 aliphatic carbocycles. The van der Waals surface area contributed by atoms with Crippen LogP contribution >= 0.6 is 54.0 Å². The van der Waals surface area contributed by atoms with Gasteiger partial charge in [-0.1, -0.05) is 12.1 Å². The topological polar surface area (TPSA) is 237 Å². The highest BCUT2D eigenvalue weighted by Gasteiger charge is 2.69. The number of alkyl halides is 6. The summed E-state index contributed by atoms with van der Waals surface area (Å²) >= 11 is 0. The third-order valence-corrected chi connectivity index (χ3v) is 12.8. The Balaban J connectivity index is 0.00000117. The number of hydrogen-bond donors (Lipinski definition) is 5. The van der Waals surface area contributed by atoms with Crippen molar-refractivity contribution in [3.8, 4) is 0 Å². The molecule has 2 aromatic carbocycles. The standard InChI is InChI=1S/C24H29F4N5O2.C12H13F3N2O2.C12H18FN3O.4H2S/c1-14-11-31-22(32-12-14)18(23(6-7-23)24(26,27)28)10-20(34)30-13-16(33(2)3)8-15-4-5-17(21(29)35)19(25)9-15;1-7-5-16-10(17-6-7)8(4-9(18)19)11(2-3-11)12(13,14)15;1-16(2)9(7-14)5-8-3-4-10(12(15)17)11(13)6-8;;;;/h4-5,9,11-12,16,18H,6-8,10,13H2,1-3H3,(H2,29,35)(H,30,34);5-6,8H,2-4H2,1H3,(H,18,19);3-4,6,9H,5,7,14H2,1-2H3,(H2,15,17);4*1H2/t16-,18+;8-;9-;;;;/m010..../s1. The Hall–Kier alpha value is -4.80. The van der Waals surface area contributed by atoms with E-state index < -0.39 is 83.2 Å². The van der Waals surface area contributed by atoms with Crippen LogP contribution in [0.15, 0.2) is 61.2 Å². The van der Waals surface area contributed by atoms with Crippen LogP contribution in [0.3, 0.4) is 0 Å². The van der Waals surface area contributed by atoms with Gasteiger partial charge in [0, 0.05) is 68.2 Å². The summed E-state index contributed by atoms with van der Waals surface area (Å²) < 4.78 is 109. The molecule has 27 heteroatoms. The molecule has 2 aromatic heterocycles. The van der Waals surface area contributed by atoms with Crippen molar-refractivity contribution in [2.24, 2.45) is 28.0 Å². The zero-order valence-electron chi connectivity index (χ0n) is 42.2. The lowest BCUT2D eigenvalue weighted by atomic mass is 9.84. The van der Waals surface area contributed by atoms with E-state index in [2.05, 4.69) is 25.3 Å². The molecular weight excluding hydrogens is 1080 g/mol. The van der Waals surface area contributed by atoms with Crippen LogP contribution in [0.5, 0.6) is 0 Å². The normalized spacial score (nSPS) is 15.4. The highest BCUT2D eigenvalue weighted by molar-refractivity contribution is 7.59. The van der Waals surface area contributed by atoms with E-state index in [9.17, 15) is 54.3 Å². The Labute approximate surface area is 458 Å². The largest absolute Gasteiger partial charge is 0.481 e. The predicted molar refractivity (Wildman–Crippen MR) is 287 cm³/mol. The highest BCUT2D eigenvalue weighted by atomic mass is 32.1. The molecule has 4 atom stereocenters. The van der Waals surface area contributed by atoms with Gasteiger partial charge in [-0.3, -0.25) is 19.2 Å². The van der Waals surface area contributed by atoms with Gasteiger partial charge in [-0.05, 0) is 127 Å². The number of nitrogens with one attached hydrogen (secondary N) is 1. The number of carboxylic acids is 1. The maximum atomic E-state index is 14.1. The lowest BCUT2D eigenvalue weighted by molar-refractivity contribution is -0.196. The molecule has 0 saturated heterocycles. The van der Waals surface area contributed by atoms with Gasteiger partial charge in [0.05, 0.1) is 28.4 Å². The minimum Gasteiger partial charge on any atom is -0.481 e. The Morgan fingerprint density at radius 1 is 0.640 bits per heavy atom. The molecular formula is C48H68F8N10O5S4. The first-order valence-corrected chi connectivity index (χ1v) is 22.4. The average Bonchev–Trinajstić information content (AvgIpc) is 4.21. The van der Waals surface area contributed by atoms with Crippen molar-refractivity contribution in [2.45, 2.75) is 101 Å². The van der Waals surface area contributed by atoms with Crippen molar-refractivity contribution in [1.29, 1.82) is 0 Å². The van der Waals surface area contributed by atoms with Crippen LogP contribution in [0, 0.1) is 36.3 Å². The molecule has 0 bridgehead atoms. The number of nitrogens with two attached hydrogens (primary N) is 3. The Morgan fingerprint density at radius 3 is 1.27 bits per heavy atom. The summed E-state index contributed by atoms with van der Waals surface area (Å²) in [5.41, 5.74) is 14.3. The zero-order valence-corrected chi connectivity index (χ0v) is 46.2. The maximum Gasteiger partial charge on any atom is 0.395 e. The SMILES string of the molecule is CN(C)[C@H](CN)Cc1ccc(C(N)=O)c(F)c1.Cc1cnc([C@@H](CC(=O)NC[C@H](Cc2ccc(C(N)=O)c(F)c2)N(C)C)C2(C(F)(F)F)CC2)nc1.Cc1cnc([C@@H](CC(=O)O)C2(C(F)(F)F)CC2)nc1.S.S.S.S. The summed E-state index contributed by atoms with van der Waals surface area (Å²) in [5, 5.41) is 11.6. The number of likely N-dealkylation sites (N-methyl/N-ethyl adjacent to an activating group) is 2. The molecule has 6 rings (SSSR count). The van der Waals surface area contributed by atoms with Crippen LogP contribution in [-0.2, 0) is 22.4 Å². The van der Waals surface area contributed by atoms with E-state index in [1.165, 1.54) is 49.1 Å². The van der Waals surface area contributed by atoms with Gasteiger partial charge in [-0.25, -0.2) is 28.7 Å². The molecule has 0 unspecified atom stereocenters. The third kappa shape index (κ3) is 19.0. The number of carboxylic acid groups (broad SMARTS) is 1. The summed E-state index contributed by atoms with van der Waals surface area (Å²) in [7, 11) is 7.39. The van der Waals surface area contributed by atoms with Gasteiger partial charge in [0.1, 0.15) is 23.3 Å². The van der Waals surface area contributed by atoms with Crippen molar-refractivity contribution in [1.82, 2.24) is 35.1 Å². The number of amides is 3. The van der Waals surface area contributed by atoms with Crippen molar-refractivity contribution in [3.05, 3.63) is 118 Å². The van der Waals surface area contributed by atoms with Crippen LogP contribution in [0.2, 0.25) is 0 Å². The van der Waals surface area contributed by atoms with Crippen LogP contribution in [0.4, 0.5) is 35.1 Å². The molecule has 0 spiro atoms. The van der Waals surface area contributed by atoms with Gasteiger partial charge in [-0.2, -0.15) is 80.3 Å². The van der Waals surface area contributed by atoms with E-state index in [0.29, 0.717) is 30.5 Å². The van der Waals surface area contributed by atoms with Crippen LogP contribution in [-0.4, -0.2) is 124 Å². The van der Waals surface area contributed by atoms with Gasteiger partial charge >= 0.3 is 18.3 Å². The number of rotatable bonds is 19. The number of halogens is 8. The van der Waals surface area contributed by atoms with E-state index in [4.69, 9.17) is 22.3 Å². The second-order valence-corrected chi connectivity index (χ2v) is 18.5. The molecule has 15 nitrogen and oxygen atoms in total. The first kappa shape index (κ1) is 70.2. The number of hydrogen-bond acceptors (Lipinski definition) is 11. The molecule has 2 heterocycles. The highest BCUT2D eigenvalue weighted by Crippen LogP contribution is 2.66. The third-order valence-electron chi connectivity index (χ3n) is 12.8. The summed E-state index contributed by atoms with van der Waals surface area (Å²) in [4.78, 5) is 65.5. The fourth-order valence-corrected chi connectivity index (χ4v) is 8.05. The zero-order chi connectivity index (χ0) is 53.2. The lowest BCUT2D eigenvalue weighted by Gasteiger charge is -2.29. The van der Waals surface area contributed by atoms with Crippen LogP contribution < -0.4 is 22.5 Å². The average molecular weight is 1150 g/mol. The van der Waals surface area contributed by atoms with E-state index in [0.717, 1.165) is 11.1 Å². The Bertz CT molecular complexity index is 2490. The molecule has 3 amide bonds. The fraction of sp³-hybridized carbons (Fsp3) is 0.500. The molecule has 420 valence electrons.